The monoisotopic (exact) mass is 317 g/mol. The Bertz CT molecular complexity index is 490. The van der Waals surface area contributed by atoms with Gasteiger partial charge in [0.15, 0.2) is 5.78 Å². The van der Waals surface area contributed by atoms with Gasteiger partial charge in [0.2, 0.25) is 0 Å². The summed E-state index contributed by atoms with van der Waals surface area (Å²) in [5, 5.41) is 0. The molecule has 1 aliphatic rings. The number of Topliss-reactive ketones (excluding diaryl/α,β-unsaturated/α-hetero) is 1. The standard InChI is InChI=1S/C20H31NO2/c1-3-4-15-23-20-10-9-17(2)16-18(20)19(22)11-14-21-12-7-5-6-8-13-21/h9-10,16H,3-8,11-15H2,1-2H3. The number of likely N-dealkylation sites (tertiary alicyclic amines) is 1. The van der Waals surface area contributed by atoms with Gasteiger partial charge in [-0.2, -0.15) is 0 Å². The number of rotatable bonds is 8. The van der Waals surface area contributed by atoms with Gasteiger partial charge in [-0.05, 0) is 51.4 Å². The van der Waals surface area contributed by atoms with Crippen LogP contribution in [-0.4, -0.2) is 36.9 Å². The lowest BCUT2D eigenvalue weighted by molar-refractivity contribution is 0.0960. The van der Waals surface area contributed by atoms with E-state index in [1.54, 1.807) is 0 Å². The van der Waals surface area contributed by atoms with Gasteiger partial charge in [0, 0.05) is 13.0 Å². The fraction of sp³-hybridized carbons (Fsp3) is 0.650. The number of hydrogen-bond donors (Lipinski definition) is 0. The van der Waals surface area contributed by atoms with Crippen molar-refractivity contribution in [1.82, 2.24) is 4.90 Å². The average Bonchev–Trinajstić information content (AvgIpc) is 2.83. The van der Waals surface area contributed by atoms with Crippen LogP contribution in [0, 0.1) is 6.92 Å². The predicted octanol–water partition coefficient (Wildman–Crippen LogP) is 4.62. The van der Waals surface area contributed by atoms with Crippen LogP contribution in [0.5, 0.6) is 5.75 Å². The molecule has 0 aromatic heterocycles. The third-order valence-corrected chi connectivity index (χ3v) is 4.54. The maximum absolute atomic E-state index is 12.7. The molecule has 0 amide bonds. The minimum absolute atomic E-state index is 0.212. The summed E-state index contributed by atoms with van der Waals surface area (Å²) in [5.74, 6) is 0.967. The molecule has 0 unspecified atom stereocenters. The lowest BCUT2D eigenvalue weighted by Crippen LogP contribution is -2.27. The van der Waals surface area contributed by atoms with E-state index in [9.17, 15) is 4.79 Å². The molecule has 0 atom stereocenters. The Balaban J connectivity index is 1.95. The molecule has 0 saturated carbocycles. The van der Waals surface area contributed by atoms with Gasteiger partial charge in [-0.25, -0.2) is 0 Å². The van der Waals surface area contributed by atoms with Gasteiger partial charge in [0.25, 0.3) is 0 Å². The third-order valence-electron chi connectivity index (χ3n) is 4.54. The highest BCUT2D eigenvalue weighted by Crippen LogP contribution is 2.22. The van der Waals surface area contributed by atoms with Crippen LogP contribution in [0.25, 0.3) is 0 Å². The number of benzene rings is 1. The molecular weight excluding hydrogens is 286 g/mol. The van der Waals surface area contributed by atoms with E-state index in [-0.39, 0.29) is 5.78 Å². The molecule has 3 nitrogen and oxygen atoms in total. The summed E-state index contributed by atoms with van der Waals surface area (Å²) in [4.78, 5) is 15.1. The van der Waals surface area contributed by atoms with Crippen LogP contribution in [-0.2, 0) is 0 Å². The van der Waals surface area contributed by atoms with Crippen LogP contribution >= 0.6 is 0 Å². The number of hydrogen-bond acceptors (Lipinski definition) is 3. The van der Waals surface area contributed by atoms with Crippen molar-refractivity contribution in [3.05, 3.63) is 29.3 Å². The zero-order chi connectivity index (χ0) is 16.5. The van der Waals surface area contributed by atoms with Crippen molar-refractivity contribution in [2.24, 2.45) is 0 Å². The van der Waals surface area contributed by atoms with Crippen molar-refractivity contribution < 1.29 is 9.53 Å². The second-order valence-electron chi connectivity index (χ2n) is 6.63. The van der Waals surface area contributed by atoms with E-state index in [1.165, 1.54) is 25.7 Å². The first-order valence-electron chi connectivity index (χ1n) is 9.19. The first-order chi connectivity index (χ1) is 11.2. The topological polar surface area (TPSA) is 29.5 Å². The largest absolute Gasteiger partial charge is 0.493 e. The quantitative estimate of drug-likeness (QED) is 0.517. The normalized spacial score (nSPS) is 16.1. The molecule has 1 heterocycles. The first-order valence-corrected chi connectivity index (χ1v) is 9.19. The molecule has 0 spiro atoms. The number of nitrogens with zero attached hydrogens (tertiary/aromatic N) is 1. The van der Waals surface area contributed by atoms with Gasteiger partial charge >= 0.3 is 0 Å². The van der Waals surface area contributed by atoms with Crippen molar-refractivity contribution in [2.75, 3.05) is 26.2 Å². The lowest BCUT2D eigenvalue weighted by Gasteiger charge is -2.19. The maximum Gasteiger partial charge on any atom is 0.167 e. The van der Waals surface area contributed by atoms with E-state index in [4.69, 9.17) is 4.74 Å². The van der Waals surface area contributed by atoms with Crippen molar-refractivity contribution in [2.45, 2.75) is 58.8 Å². The number of carbonyl (C=O) groups excluding carboxylic acids is 1. The molecule has 3 heteroatoms. The molecular formula is C20H31NO2. The van der Waals surface area contributed by atoms with Gasteiger partial charge in [-0.3, -0.25) is 4.79 Å². The smallest absolute Gasteiger partial charge is 0.167 e. The predicted molar refractivity (Wildman–Crippen MR) is 95.4 cm³/mol. The van der Waals surface area contributed by atoms with Crippen LogP contribution in [0.4, 0.5) is 0 Å². The Morgan fingerprint density at radius 1 is 1.17 bits per heavy atom. The van der Waals surface area contributed by atoms with Gasteiger partial charge in [0.05, 0.1) is 12.2 Å². The average molecular weight is 317 g/mol. The molecule has 2 rings (SSSR count). The second kappa shape index (κ2) is 9.71. The summed E-state index contributed by atoms with van der Waals surface area (Å²) in [7, 11) is 0. The molecule has 0 radical (unpaired) electrons. The van der Waals surface area contributed by atoms with Gasteiger partial charge < -0.3 is 9.64 Å². The summed E-state index contributed by atoms with van der Waals surface area (Å²) in [6.45, 7) is 8.02. The summed E-state index contributed by atoms with van der Waals surface area (Å²) >= 11 is 0. The highest BCUT2D eigenvalue weighted by molar-refractivity contribution is 5.99. The van der Waals surface area contributed by atoms with Gasteiger partial charge in [-0.15, -0.1) is 0 Å². The molecule has 1 aromatic carbocycles. The highest BCUT2D eigenvalue weighted by Gasteiger charge is 2.15. The van der Waals surface area contributed by atoms with E-state index >= 15 is 0 Å². The van der Waals surface area contributed by atoms with E-state index in [2.05, 4.69) is 11.8 Å². The molecule has 1 aromatic rings. The van der Waals surface area contributed by atoms with Gasteiger partial charge in [0.1, 0.15) is 5.75 Å². The fourth-order valence-electron chi connectivity index (χ4n) is 3.07. The number of aryl methyl sites for hydroxylation is 1. The first kappa shape index (κ1) is 18.0. The van der Waals surface area contributed by atoms with Crippen LogP contribution in [0.1, 0.15) is 67.8 Å². The number of ether oxygens (including phenoxy) is 1. The van der Waals surface area contributed by atoms with E-state index in [1.807, 2.05) is 25.1 Å². The minimum Gasteiger partial charge on any atom is -0.493 e. The number of ketones is 1. The Hall–Kier alpha value is -1.35. The Kier molecular flexibility index (Phi) is 7.60. The molecule has 23 heavy (non-hydrogen) atoms. The highest BCUT2D eigenvalue weighted by atomic mass is 16.5. The van der Waals surface area contributed by atoms with Crippen molar-refractivity contribution >= 4 is 5.78 Å². The second-order valence-corrected chi connectivity index (χ2v) is 6.63. The summed E-state index contributed by atoms with van der Waals surface area (Å²) in [6, 6.07) is 5.95. The summed E-state index contributed by atoms with van der Waals surface area (Å²) in [6.07, 6.45) is 7.91. The number of carbonyl (C=O) groups is 1. The van der Waals surface area contributed by atoms with Crippen molar-refractivity contribution in [1.29, 1.82) is 0 Å². The van der Waals surface area contributed by atoms with Crippen LogP contribution in [0.15, 0.2) is 18.2 Å². The molecule has 0 aliphatic carbocycles. The summed E-state index contributed by atoms with van der Waals surface area (Å²) in [5.41, 5.74) is 1.88. The van der Waals surface area contributed by atoms with E-state index < -0.39 is 0 Å². The fourth-order valence-corrected chi connectivity index (χ4v) is 3.07. The minimum atomic E-state index is 0.212. The molecule has 0 N–H and O–H groups in total. The molecule has 1 aliphatic heterocycles. The molecule has 0 bridgehead atoms. The number of unbranched alkanes of at least 4 members (excludes halogenated alkanes) is 1. The SMILES string of the molecule is CCCCOc1ccc(C)cc1C(=O)CCN1CCCCCC1. The van der Waals surface area contributed by atoms with Crippen molar-refractivity contribution in [3.63, 3.8) is 0 Å². The molecule has 1 fully saturated rings. The third kappa shape index (κ3) is 5.98. The Morgan fingerprint density at radius 3 is 2.61 bits per heavy atom. The van der Waals surface area contributed by atoms with Gasteiger partial charge in [-0.1, -0.05) is 37.8 Å². The molecule has 1 saturated heterocycles. The summed E-state index contributed by atoms with van der Waals surface area (Å²) < 4.78 is 5.83. The zero-order valence-corrected chi connectivity index (χ0v) is 14.8. The Morgan fingerprint density at radius 2 is 1.91 bits per heavy atom. The van der Waals surface area contributed by atoms with Crippen LogP contribution in [0.3, 0.4) is 0 Å². The van der Waals surface area contributed by atoms with Crippen LogP contribution < -0.4 is 4.74 Å². The Labute approximate surface area is 141 Å². The maximum atomic E-state index is 12.7. The van der Waals surface area contributed by atoms with Crippen LogP contribution in [0.2, 0.25) is 0 Å². The van der Waals surface area contributed by atoms with E-state index in [0.717, 1.165) is 49.4 Å². The lowest BCUT2D eigenvalue weighted by atomic mass is 10.0. The van der Waals surface area contributed by atoms with E-state index in [0.29, 0.717) is 13.0 Å². The molecule has 128 valence electrons. The zero-order valence-electron chi connectivity index (χ0n) is 14.8. The van der Waals surface area contributed by atoms with Crippen molar-refractivity contribution in [3.8, 4) is 5.75 Å².